The maximum atomic E-state index is 10.7. The number of nitrogens with zero attached hydrogens (tertiary/aromatic N) is 1. The van der Waals surface area contributed by atoms with Crippen LogP contribution < -0.4 is 5.14 Å². The predicted molar refractivity (Wildman–Crippen MR) is 48.3 cm³/mol. The number of hydrogen-bond acceptors (Lipinski definition) is 4. The molecular formula is C6H10N2O2S2. The molecule has 1 heterocycles. The fourth-order valence-corrected chi connectivity index (χ4v) is 2.63. The Labute approximate surface area is 75.5 Å². The molecule has 1 aromatic heterocycles. The second kappa shape index (κ2) is 3.51. The molecule has 6 heteroatoms. The summed E-state index contributed by atoms with van der Waals surface area (Å²) in [5, 5.41) is 5.81. The van der Waals surface area contributed by atoms with Crippen molar-refractivity contribution in [2.45, 2.75) is 19.1 Å². The Morgan fingerprint density at radius 1 is 1.67 bits per heavy atom. The van der Waals surface area contributed by atoms with E-state index in [1.807, 2.05) is 6.92 Å². The predicted octanol–water partition coefficient (Wildman–Crippen LogP) is 0.494. The molecule has 0 amide bonds. The molecular weight excluding hydrogens is 196 g/mol. The third-order valence-corrected chi connectivity index (χ3v) is 3.29. The second-order valence-corrected chi connectivity index (χ2v) is 5.20. The molecule has 0 aliphatic rings. The fraction of sp³-hybridized carbons (Fsp3) is 0.500. The van der Waals surface area contributed by atoms with E-state index in [9.17, 15) is 8.42 Å². The first-order valence-electron chi connectivity index (χ1n) is 3.45. The number of nitrogens with two attached hydrogens (primary N) is 1. The number of thiazole rings is 1. The van der Waals surface area contributed by atoms with Crippen LogP contribution >= 0.6 is 11.3 Å². The Bertz CT molecular complexity index is 355. The van der Waals surface area contributed by atoms with Gasteiger partial charge in [0.25, 0.3) is 0 Å². The first-order chi connectivity index (χ1) is 5.51. The summed E-state index contributed by atoms with van der Waals surface area (Å²) in [6, 6.07) is 0. The molecule has 0 fully saturated rings. The molecule has 0 saturated carbocycles. The van der Waals surface area contributed by atoms with Crippen molar-refractivity contribution in [1.82, 2.24) is 4.98 Å². The van der Waals surface area contributed by atoms with Gasteiger partial charge in [-0.2, -0.15) is 0 Å². The van der Waals surface area contributed by atoms with E-state index in [-0.39, 0.29) is 5.75 Å². The van der Waals surface area contributed by atoms with Gasteiger partial charge in [0, 0.05) is 11.1 Å². The lowest BCUT2D eigenvalue weighted by Gasteiger charge is -1.90. The lowest BCUT2D eigenvalue weighted by Crippen LogP contribution is -2.13. The number of sulfonamides is 1. The van der Waals surface area contributed by atoms with Crippen molar-refractivity contribution in [3.63, 3.8) is 0 Å². The van der Waals surface area contributed by atoms with E-state index < -0.39 is 10.0 Å². The number of hydrogen-bond donors (Lipinski definition) is 1. The molecule has 2 N–H and O–H groups in total. The molecule has 68 valence electrons. The molecule has 0 unspecified atom stereocenters. The quantitative estimate of drug-likeness (QED) is 0.782. The van der Waals surface area contributed by atoms with Gasteiger partial charge in [0.15, 0.2) is 0 Å². The van der Waals surface area contributed by atoms with E-state index in [0.29, 0.717) is 4.88 Å². The zero-order chi connectivity index (χ0) is 9.19. The Balaban J connectivity index is 2.78. The van der Waals surface area contributed by atoms with Crippen LogP contribution in [0.3, 0.4) is 0 Å². The minimum atomic E-state index is -3.40. The molecule has 0 radical (unpaired) electrons. The summed E-state index contributed by atoms with van der Waals surface area (Å²) < 4.78 is 21.3. The van der Waals surface area contributed by atoms with E-state index in [1.165, 1.54) is 11.3 Å². The van der Waals surface area contributed by atoms with Crippen molar-refractivity contribution in [3.05, 3.63) is 16.1 Å². The highest BCUT2D eigenvalue weighted by molar-refractivity contribution is 7.88. The highest BCUT2D eigenvalue weighted by atomic mass is 32.2. The van der Waals surface area contributed by atoms with Crippen LogP contribution in [0.1, 0.15) is 16.8 Å². The summed E-state index contributed by atoms with van der Waals surface area (Å²) in [6.45, 7) is 1.97. The zero-order valence-corrected chi connectivity index (χ0v) is 8.28. The average molecular weight is 206 g/mol. The van der Waals surface area contributed by atoms with Crippen LogP contribution in [0.4, 0.5) is 0 Å². The maximum absolute atomic E-state index is 10.7. The van der Waals surface area contributed by atoms with Gasteiger partial charge in [-0.3, -0.25) is 0 Å². The highest BCUT2D eigenvalue weighted by Gasteiger charge is 2.07. The van der Waals surface area contributed by atoms with E-state index in [2.05, 4.69) is 4.98 Å². The van der Waals surface area contributed by atoms with Crippen molar-refractivity contribution in [3.8, 4) is 0 Å². The molecule has 0 spiro atoms. The molecule has 12 heavy (non-hydrogen) atoms. The van der Waals surface area contributed by atoms with Crippen molar-refractivity contribution >= 4 is 21.4 Å². The molecule has 0 aromatic carbocycles. The minimum Gasteiger partial charge on any atom is -0.249 e. The van der Waals surface area contributed by atoms with Crippen LogP contribution in [0.25, 0.3) is 0 Å². The first kappa shape index (κ1) is 9.63. The molecule has 1 aromatic rings. The molecule has 0 aliphatic heterocycles. The standard InChI is InChI=1S/C6H10N2O2S2/c1-2-6-8-3-5(11-6)4-12(7,9)10/h3H,2,4H2,1H3,(H2,7,9,10). The minimum absolute atomic E-state index is 0.106. The monoisotopic (exact) mass is 206 g/mol. The Morgan fingerprint density at radius 2 is 2.33 bits per heavy atom. The Kier molecular flexibility index (Phi) is 2.81. The fourth-order valence-electron chi connectivity index (χ4n) is 0.776. The van der Waals surface area contributed by atoms with E-state index in [0.717, 1.165) is 11.4 Å². The third-order valence-electron chi connectivity index (χ3n) is 1.25. The van der Waals surface area contributed by atoms with Crippen molar-refractivity contribution in [2.24, 2.45) is 5.14 Å². The normalized spacial score (nSPS) is 11.8. The van der Waals surface area contributed by atoms with Gasteiger partial charge < -0.3 is 0 Å². The van der Waals surface area contributed by atoms with Gasteiger partial charge in [0.05, 0.1) is 10.8 Å². The first-order valence-corrected chi connectivity index (χ1v) is 5.98. The number of aryl methyl sites for hydroxylation is 1. The van der Waals surface area contributed by atoms with Crippen LogP contribution in [0, 0.1) is 0 Å². The lowest BCUT2D eigenvalue weighted by atomic mass is 10.5. The molecule has 0 saturated heterocycles. The van der Waals surface area contributed by atoms with Crippen LogP contribution in [0.5, 0.6) is 0 Å². The van der Waals surface area contributed by atoms with Crippen molar-refractivity contribution in [2.75, 3.05) is 0 Å². The summed E-state index contributed by atoms with van der Waals surface area (Å²) in [4.78, 5) is 4.72. The number of aromatic nitrogens is 1. The van der Waals surface area contributed by atoms with Gasteiger partial charge in [-0.15, -0.1) is 11.3 Å². The van der Waals surface area contributed by atoms with Gasteiger partial charge in [-0.05, 0) is 6.42 Å². The van der Waals surface area contributed by atoms with Gasteiger partial charge in [-0.25, -0.2) is 18.5 Å². The van der Waals surface area contributed by atoms with Crippen LogP contribution in [-0.4, -0.2) is 13.4 Å². The summed E-state index contributed by atoms with van der Waals surface area (Å²) in [6.07, 6.45) is 2.39. The molecule has 1 rings (SSSR count). The van der Waals surface area contributed by atoms with Gasteiger partial charge in [-0.1, -0.05) is 6.92 Å². The average Bonchev–Trinajstić information content (AvgIpc) is 2.32. The van der Waals surface area contributed by atoms with Gasteiger partial charge in [0.2, 0.25) is 10.0 Å². The van der Waals surface area contributed by atoms with Crippen LogP contribution in [-0.2, 0) is 22.2 Å². The zero-order valence-electron chi connectivity index (χ0n) is 6.65. The van der Waals surface area contributed by atoms with Crippen molar-refractivity contribution in [1.29, 1.82) is 0 Å². The number of rotatable bonds is 3. The Hall–Kier alpha value is -0.460. The second-order valence-electron chi connectivity index (χ2n) is 2.38. The molecule has 0 bridgehead atoms. The van der Waals surface area contributed by atoms with Crippen LogP contribution in [0.2, 0.25) is 0 Å². The third kappa shape index (κ3) is 2.88. The summed E-state index contributed by atoms with van der Waals surface area (Å²) >= 11 is 1.39. The summed E-state index contributed by atoms with van der Waals surface area (Å²) in [5.74, 6) is -0.106. The highest BCUT2D eigenvalue weighted by Crippen LogP contribution is 2.14. The smallest absolute Gasteiger partial charge is 0.214 e. The van der Waals surface area contributed by atoms with Crippen molar-refractivity contribution < 1.29 is 8.42 Å². The maximum Gasteiger partial charge on any atom is 0.214 e. The lowest BCUT2D eigenvalue weighted by molar-refractivity contribution is 0.597. The van der Waals surface area contributed by atoms with E-state index in [1.54, 1.807) is 6.20 Å². The van der Waals surface area contributed by atoms with Gasteiger partial charge in [0.1, 0.15) is 0 Å². The SMILES string of the molecule is CCc1ncc(CS(N)(=O)=O)s1. The summed E-state index contributed by atoms with van der Waals surface area (Å²) in [5.41, 5.74) is 0. The largest absolute Gasteiger partial charge is 0.249 e. The Morgan fingerprint density at radius 3 is 2.75 bits per heavy atom. The number of primary sulfonamides is 1. The summed E-state index contributed by atoms with van der Waals surface area (Å²) in [7, 11) is -3.40. The van der Waals surface area contributed by atoms with Crippen LogP contribution in [0.15, 0.2) is 6.20 Å². The molecule has 4 nitrogen and oxygen atoms in total. The van der Waals surface area contributed by atoms with Gasteiger partial charge >= 0.3 is 0 Å². The molecule has 0 atom stereocenters. The van der Waals surface area contributed by atoms with E-state index in [4.69, 9.17) is 5.14 Å². The topological polar surface area (TPSA) is 73.0 Å². The molecule has 0 aliphatic carbocycles. The van der Waals surface area contributed by atoms with E-state index >= 15 is 0 Å².